The van der Waals surface area contributed by atoms with E-state index in [9.17, 15) is 18.4 Å². The number of amides is 2. The molecule has 0 aliphatic carbocycles. The van der Waals surface area contributed by atoms with Crippen LogP contribution in [0.15, 0.2) is 59.2 Å². The molecule has 1 heterocycles. The zero-order valence-electron chi connectivity index (χ0n) is 16.5. The van der Waals surface area contributed by atoms with Gasteiger partial charge in [-0.3, -0.25) is 9.59 Å². The highest BCUT2D eigenvalue weighted by Crippen LogP contribution is 2.22. The molecule has 0 fully saturated rings. The molecule has 3 rings (SSSR count). The standard InChI is InChI=1S/C22H21F2N3O3/c1-13(21(28)25-12-15-3-5-16(23)6-4-15)26-17-7-8-19(24)20(11-17)27-22(29)18-9-10-30-14(18)2/h3-11,13,26H,12H2,1-2H3,(H,25,28)(H,27,29). The second-order valence-corrected chi connectivity index (χ2v) is 6.75. The number of benzene rings is 2. The van der Waals surface area contributed by atoms with Gasteiger partial charge in [0.05, 0.1) is 17.5 Å². The number of nitrogens with one attached hydrogen (secondary N) is 3. The molecule has 6 nitrogen and oxygen atoms in total. The fourth-order valence-electron chi connectivity index (χ4n) is 2.78. The molecule has 0 aliphatic heterocycles. The lowest BCUT2D eigenvalue weighted by Gasteiger charge is -2.16. The van der Waals surface area contributed by atoms with Crippen molar-refractivity contribution in [3.8, 4) is 0 Å². The van der Waals surface area contributed by atoms with Crippen molar-refractivity contribution in [1.29, 1.82) is 0 Å². The Kier molecular flexibility index (Phi) is 6.46. The van der Waals surface area contributed by atoms with Gasteiger partial charge in [0, 0.05) is 12.2 Å². The van der Waals surface area contributed by atoms with Crippen molar-refractivity contribution in [3.05, 3.63) is 83.3 Å². The summed E-state index contributed by atoms with van der Waals surface area (Å²) in [6.45, 7) is 3.53. The van der Waals surface area contributed by atoms with Gasteiger partial charge in [-0.25, -0.2) is 8.78 Å². The van der Waals surface area contributed by atoms with Crippen LogP contribution in [-0.4, -0.2) is 17.9 Å². The monoisotopic (exact) mass is 413 g/mol. The molecular formula is C22H21F2N3O3. The first kappa shape index (κ1) is 21.0. The van der Waals surface area contributed by atoms with Crippen LogP contribution in [0.4, 0.5) is 20.2 Å². The van der Waals surface area contributed by atoms with Crippen LogP contribution in [0.1, 0.15) is 28.6 Å². The van der Waals surface area contributed by atoms with E-state index in [-0.39, 0.29) is 24.0 Å². The molecule has 156 valence electrons. The van der Waals surface area contributed by atoms with E-state index in [4.69, 9.17) is 4.42 Å². The summed E-state index contributed by atoms with van der Waals surface area (Å²) in [7, 11) is 0. The van der Waals surface area contributed by atoms with Crippen molar-refractivity contribution in [1.82, 2.24) is 5.32 Å². The first-order valence-electron chi connectivity index (χ1n) is 9.27. The van der Waals surface area contributed by atoms with E-state index >= 15 is 0 Å². The van der Waals surface area contributed by atoms with Crippen LogP contribution >= 0.6 is 0 Å². The van der Waals surface area contributed by atoms with Crippen molar-refractivity contribution in [2.24, 2.45) is 0 Å². The van der Waals surface area contributed by atoms with E-state index < -0.39 is 17.8 Å². The largest absolute Gasteiger partial charge is 0.469 e. The summed E-state index contributed by atoms with van der Waals surface area (Å²) in [5, 5.41) is 8.21. The van der Waals surface area contributed by atoms with E-state index in [1.54, 1.807) is 26.0 Å². The van der Waals surface area contributed by atoms with Crippen molar-refractivity contribution < 1.29 is 22.8 Å². The molecule has 0 saturated carbocycles. The zero-order valence-corrected chi connectivity index (χ0v) is 16.5. The minimum absolute atomic E-state index is 0.0236. The predicted octanol–water partition coefficient (Wildman–Crippen LogP) is 4.24. The van der Waals surface area contributed by atoms with Crippen molar-refractivity contribution in [2.45, 2.75) is 26.4 Å². The van der Waals surface area contributed by atoms with Crippen molar-refractivity contribution in [2.75, 3.05) is 10.6 Å². The normalized spacial score (nSPS) is 11.6. The van der Waals surface area contributed by atoms with Gasteiger partial charge in [-0.1, -0.05) is 12.1 Å². The molecule has 2 amide bonds. The first-order valence-corrected chi connectivity index (χ1v) is 9.27. The van der Waals surface area contributed by atoms with Crippen molar-refractivity contribution >= 4 is 23.2 Å². The van der Waals surface area contributed by atoms with Gasteiger partial charge in [0.25, 0.3) is 5.91 Å². The SMILES string of the molecule is Cc1occc1C(=O)Nc1cc(NC(C)C(=O)NCc2ccc(F)cc2)ccc1F. The summed E-state index contributed by atoms with van der Waals surface area (Å²) in [4.78, 5) is 24.6. The van der Waals surface area contributed by atoms with Crippen LogP contribution in [0.3, 0.4) is 0 Å². The van der Waals surface area contributed by atoms with E-state index in [2.05, 4.69) is 16.0 Å². The minimum atomic E-state index is -0.629. The van der Waals surface area contributed by atoms with Gasteiger partial charge in [-0.05, 0) is 55.8 Å². The molecule has 1 unspecified atom stereocenters. The Morgan fingerprint density at radius 3 is 2.47 bits per heavy atom. The van der Waals surface area contributed by atoms with Gasteiger partial charge in [-0.15, -0.1) is 0 Å². The molecule has 0 saturated heterocycles. The van der Waals surface area contributed by atoms with Crippen LogP contribution in [0, 0.1) is 18.6 Å². The number of rotatable bonds is 7. The molecule has 1 atom stereocenters. The number of hydrogen-bond donors (Lipinski definition) is 3. The molecule has 0 spiro atoms. The molecular weight excluding hydrogens is 392 g/mol. The Bertz CT molecular complexity index is 1050. The van der Waals surface area contributed by atoms with Gasteiger partial charge in [0.15, 0.2) is 0 Å². The van der Waals surface area contributed by atoms with Crippen molar-refractivity contribution in [3.63, 3.8) is 0 Å². The Morgan fingerprint density at radius 2 is 1.80 bits per heavy atom. The maximum absolute atomic E-state index is 14.1. The zero-order chi connectivity index (χ0) is 21.7. The van der Waals surface area contributed by atoms with Gasteiger partial charge in [0.2, 0.25) is 5.91 Å². The smallest absolute Gasteiger partial charge is 0.259 e. The lowest BCUT2D eigenvalue weighted by atomic mass is 10.2. The highest BCUT2D eigenvalue weighted by Gasteiger charge is 2.16. The summed E-state index contributed by atoms with van der Waals surface area (Å²) >= 11 is 0. The summed E-state index contributed by atoms with van der Waals surface area (Å²) in [6, 6.07) is 10.8. The molecule has 2 aromatic carbocycles. The van der Waals surface area contributed by atoms with E-state index in [0.717, 1.165) is 5.56 Å². The number of aryl methyl sites for hydroxylation is 1. The third kappa shape index (κ3) is 5.22. The molecule has 0 aliphatic rings. The number of halogens is 2. The molecule has 8 heteroatoms. The molecule has 30 heavy (non-hydrogen) atoms. The number of furan rings is 1. The van der Waals surface area contributed by atoms with Crippen LogP contribution in [-0.2, 0) is 11.3 Å². The predicted molar refractivity (Wildman–Crippen MR) is 109 cm³/mol. The number of hydrogen-bond acceptors (Lipinski definition) is 4. The number of anilines is 2. The van der Waals surface area contributed by atoms with E-state index in [0.29, 0.717) is 17.0 Å². The minimum Gasteiger partial charge on any atom is -0.469 e. The highest BCUT2D eigenvalue weighted by atomic mass is 19.1. The molecule has 3 N–H and O–H groups in total. The number of carbonyl (C=O) groups excluding carboxylic acids is 2. The fraction of sp³-hybridized carbons (Fsp3) is 0.182. The van der Waals surface area contributed by atoms with Gasteiger partial charge >= 0.3 is 0 Å². The second kappa shape index (κ2) is 9.21. The lowest BCUT2D eigenvalue weighted by Crippen LogP contribution is -2.37. The van der Waals surface area contributed by atoms with E-state index in [1.165, 1.54) is 42.7 Å². The lowest BCUT2D eigenvalue weighted by molar-refractivity contribution is -0.121. The van der Waals surface area contributed by atoms with Gasteiger partial charge in [0.1, 0.15) is 23.4 Å². The average Bonchev–Trinajstić information content (AvgIpc) is 3.15. The molecule has 3 aromatic rings. The average molecular weight is 413 g/mol. The van der Waals surface area contributed by atoms with Crippen LogP contribution < -0.4 is 16.0 Å². The Balaban J connectivity index is 1.61. The fourth-order valence-corrected chi connectivity index (χ4v) is 2.78. The van der Waals surface area contributed by atoms with Crippen LogP contribution in [0.2, 0.25) is 0 Å². The number of carbonyl (C=O) groups is 2. The molecule has 1 aromatic heterocycles. The second-order valence-electron chi connectivity index (χ2n) is 6.75. The first-order chi connectivity index (χ1) is 14.3. The summed E-state index contributed by atoms with van der Waals surface area (Å²) in [6.07, 6.45) is 1.38. The molecule has 0 radical (unpaired) electrons. The quantitative estimate of drug-likeness (QED) is 0.541. The van der Waals surface area contributed by atoms with Gasteiger partial charge in [-0.2, -0.15) is 0 Å². The third-order valence-corrected chi connectivity index (χ3v) is 4.47. The summed E-state index contributed by atoms with van der Waals surface area (Å²) in [5.41, 5.74) is 1.50. The highest BCUT2D eigenvalue weighted by molar-refractivity contribution is 6.05. The van der Waals surface area contributed by atoms with Gasteiger partial charge < -0.3 is 20.4 Å². The maximum Gasteiger partial charge on any atom is 0.259 e. The van der Waals surface area contributed by atoms with Crippen LogP contribution in [0.5, 0.6) is 0 Å². The third-order valence-electron chi connectivity index (χ3n) is 4.47. The Morgan fingerprint density at radius 1 is 1.07 bits per heavy atom. The summed E-state index contributed by atoms with van der Waals surface area (Å²) < 4.78 is 32.2. The van der Waals surface area contributed by atoms with Crippen LogP contribution in [0.25, 0.3) is 0 Å². The van der Waals surface area contributed by atoms with E-state index in [1.807, 2.05) is 0 Å². The summed E-state index contributed by atoms with van der Waals surface area (Å²) in [5.74, 6) is -1.31. The Hall–Kier alpha value is -3.68. The topological polar surface area (TPSA) is 83.4 Å². The Labute approximate surface area is 172 Å². The molecule has 0 bridgehead atoms. The maximum atomic E-state index is 14.1.